The van der Waals surface area contributed by atoms with Gasteiger partial charge < -0.3 is 9.80 Å². The van der Waals surface area contributed by atoms with Crippen LogP contribution in [0.4, 0.5) is 11.4 Å². The molecular formula is C17H18Cl4N2. The first-order valence-electron chi connectivity index (χ1n) is 7.13. The molecule has 0 fully saturated rings. The zero-order valence-electron chi connectivity index (χ0n) is 12.9. The minimum atomic E-state index is 0. The van der Waals surface area contributed by atoms with Gasteiger partial charge in [0.1, 0.15) is 0 Å². The molecule has 0 bridgehead atoms. The van der Waals surface area contributed by atoms with Crippen molar-refractivity contribution >= 4 is 58.6 Å². The van der Waals surface area contributed by atoms with Crippen molar-refractivity contribution in [2.45, 2.75) is 25.5 Å². The lowest BCUT2D eigenvalue weighted by atomic mass is 10.1. The lowest BCUT2D eigenvalue weighted by molar-refractivity contribution is 0.656. The van der Waals surface area contributed by atoms with E-state index < -0.39 is 0 Å². The van der Waals surface area contributed by atoms with Gasteiger partial charge in [-0.05, 0) is 30.2 Å². The Balaban J connectivity index is 0.00000192. The van der Waals surface area contributed by atoms with Crippen molar-refractivity contribution < 1.29 is 0 Å². The van der Waals surface area contributed by atoms with Crippen molar-refractivity contribution in [3.8, 4) is 0 Å². The number of hydrogen-bond acceptors (Lipinski definition) is 2. The number of halogens is 4. The fourth-order valence-electron chi connectivity index (χ4n) is 2.80. The average Bonchev–Trinajstić information content (AvgIpc) is 2.74. The van der Waals surface area contributed by atoms with Crippen LogP contribution in [-0.4, -0.2) is 13.2 Å². The molecule has 1 aliphatic rings. The molecule has 2 aromatic carbocycles. The average molecular weight is 392 g/mol. The number of hydrogen-bond donors (Lipinski definition) is 0. The molecule has 0 saturated carbocycles. The summed E-state index contributed by atoms with van der Waals surface area (Å²) in [6.07, 6.45) is 0.247. The van der Waals surface area contributed by atoms with E-state index in [1.54, 1.807) is 0 Å². The third-order valence-corrected chi connectivity index (χ3v) is 5.28. The quantitative estimate of drug-likeness (QED) is 0.595. The van der Waals surface area contributed by atoms with Crippen LogP contribution >= 0.6 is 47.2 Å². The van der Waals surface area contributed by atoms with E-state index in [2.05, 4.69) is 48.0 Å². The van der Waals surface area contributed by atoms with E-state index in [1.165, 1.54) is 5.56 Å². The second-order valence-corrected chi connectivity index (χ2v) is 6.66. The van der Waals surface area contributed by atoms with Crippen molar-refractivity contribution in [2.24, 2.45) is 0 Å². The summed E-state index contributed by atoms with van der Waals surface area (Å²) in [5, 5.41) is 1.18. The molecule has 23 heavy (non-hydrogen) atoms. The predicted molar refractivity (Wildman–Crippen MR) is 104 cm³/mol. The summed E-state index contributed by atoms with van der Waals surface area (Å²) in [6.45, 7) is 2.99. The zero-order valence-corrected chi connectivity index (χ0v) is 16.0. The van der Waals surface area contributed by atoms with Crippen molar-refractivity contribution in [3.05, 3.63) is 57.6 Å². The Morgan fingerprint density at radius 1 is 0.957 bits per heavy atom. The normalized spacial score (nSPS) is 16.3. The van der Waals surface area contributed by atoms with Crippen LogP contribution in [0.2, 0.25) is 10.0 Å². The largest absolute Gasteiger partial charge is 0.353 e. The molecule has 124 valence electrons. The summed E-state index contributed by atoms with van der Waals surface area (Å²) in [4.78, 5) is 4.54. The van der Waals surface area contributed by atoms with Gasteiger partial charge in [-0.15, -0.1) is 24.0 Å². The van der Waals surface area contributed by atoms with Crippen LogP contribution in [0.25, 0.3) is 0 Å². The van der Waals surface area contributed by atoms with Crippen LogP contribution in [0.5, 0.6) is 0 Å². The van der Waals surface area contributed by atoms with E-state index in [9.17, 15) is 0 Å². The SMILES string of the molecule is CC1N(C)c2cc(Cl)c(Cl)cc2N1Cc1ccc(CCl)cc1.Cl. The second-order valence-electron chi connectivity index (χ2n) is 5.58. The molecule has 2 aromatic rings. The first kappa shape index (κ1) is 18.5. The van der Waals surface area contributed by atoms with E-state index in [1.807, 2.05) is 12.1 Å². The molecule has 1 atom stereocenters. The molecule has 6 heteroatoms. The maximum Gasteiger partial charge on any atom is 0.0988 e. The highest BCUT2D eigenvalue weighted by Gasteiger charge is 2.31. The topological polar surface area (TPSA) is 6.48 Å². The van der Waals surface area contributed by atoms with Gasteiger partial charge in [-0.1, -0.05) is 47.5 Å². The number of nitrogens with zero attached hydrogens (tertiary/aromatic N) is 2. The van der Waals surface area contributed by atoms with Gasteiger partial charge in [0, 0.05) is 19.5 Å². The Labute approximate surface area is 158 Å². The van der Waals surface area contributed by atoms with Gasteiger partial charge >= 0.3 is 0 Å². The van der Waals surface area contributed by atoms with Gasteiger partial charge in [0.05, 0.1) is 27.6 Å². The van der Waals surface area contributed by atoms with E-state index in [4.69, 9.17) is 34.8 Å². The van der Waals surface area contributed by atoms with Crippen molar-refractivity contribution in [2.75, 3.05) is 16.8 Å². The summed E-state index contributed by atoms with van der Waals surface area (Å²) in [5.74, 6) is 0.542. The van der Waals surface area contributed by atoms with Crippen LogP contribution in [0.1, 0.15) is 18.1 Å². The Morgan fingerprint density at radius 3 is 2.04 bits per heavy atom. The highest BCUT2D eigenvalue weighted by molar-refractivity contribution is 6.42. The van der Waals surface area contributed by atoms with E-state index in [0.29, 0.717) is 15.9 Å². The molecule has 1 unspecified atom stereocenters. The van der Waals surface area contributed by atoms with Crippen LogP contribution < -0.4 is 9.80 Å². The minimum Gasteiger partial charge on any atom is -0.353 e. The molecule has 3 rings (SSSR count). The van der Waals surface area contributed by atoms with Gasteiger partial charge in [0.15, 0.2) is 0 Å². The molecular weight excluding hydrogens is 374 g/mol. The van der Waals surface area contributed by atoms with Crippen LogP contribution in [0, 0.1) is 0 Å². The molecule has 0 amide bonds. The summed E-state index contributed by atoms with van der Waals surface area (Å²) in [6, 6.07) is 12.3. The summed E-state index contributed by atoms with van der Waals surface area (Å²) in [7, 11) is 2.07. The lowest BCUT2D eigenvalue weighted by Crippen LogP contribution is -2.38. The predicted octanol–water partition coefficient (Wildman–Crippen LogP) is 5.96. The van der Waals surface area contributed by atoms with E-state index in [-0.39, 0.29) is 18.6 Å². The molecule has 1 aliphatic heterocycles. The molecule has 0 N–H and O–H groups in total. The fraction of sp³-hybridized carbons (Fsp3) is 0.294. The van der Waals surface area contributed by atoms with Gasteiger partial charge in [-0.25, -0.2) is 0 Å². The third kappa shape index (κ3) is 3.51. The second kappa shape index (κ2) is 7.40. The van der Waals surface area contributed by atoms with Crippen LogP contribution in [0.15, 0.2) is 36.4 Å². The molecule has 0 aliphatic carbocycles. The first-order valence-corrected chi connectivity index (χ1v) is 8.42. The standard InChI is InChI=1S/C17H17Cl3N2.ClH/c1-11-21(2)16-7-14(19)15(20)8-17(16)22(11)10-13-5-3-12(9-18)4-6-13;/h3-8,11H,9-10H2,1-2H3;1H. The highest BCUT2D eigenvalue weighted by atomic mass is 35.5. The number of anilines is 2. The number of rotatable bonds is 3. The van der Waals surface area contributed by atoms with Gasteiger partial charge in [-0.3, -0.25) is 0 Å². The van der Waals surface area contributed by atoms with Crippen molar-refractivity contribution in [3.63, 3.8) is 0 Å². The highest BCUT2D eigenvalue weighted by Crippen LogP contribution is 2.43. The molecule has 0 radical (unpaired) electrons. The van der Waals surface area contributed by atoms with E-state index >= 15 is 0 Å². The maximum absolute atomic E-state index is 6.20. The Kier molecular flexibility index (Phi) is 5.96. The minimum absolute atomic E-state index is 0. The number of benzene rings is 2. The smallest absolute Gasteiger partial charge is 0.0988 e. The molecule has 1 heterocycles. The summed E-state index contributed by atoms with van der Waals surface area (Å²) < 4.78 is 0. The monoisotopic (exact) mass is 390 g/mol. The van der Waals surface area contributed by atoms with Gasteiger partial charge in [0.2, 0.25) is 0 Å². The maximum atomic E-state index is 6.20. The van der Waals surface area contributed by atoms with Crippen LogP contribution in [0.3, 0.4) is 0 Å². The lowest BCUT2D eigenvalue weighted by Gasteiger charge is -2.27. The molecule has 2 nitrogen and oxygen atoms in total. The number of fused-ring (bicyclic) bond motifs is 1. The Hall–Kier alpha value is -0.800. The summed E-state index contributed by atoms with van der Waals surface area (Å²) >= 11 is 18.2. The Bertz CT molecular complexity index is 688. The summed E-state index contributed by atoms with van der Waals surface area (Å²) in [5.41, 5.74) is 4.60. The molecule has 0 spiro atoms. The van der Waals surface area contributed by atoms with Crippen molar-refractivity contribution in [1.82, 2.24) is 0 Å². The third-order valence-electron chi connectivity index (χ3n) is 4.25. The fourth-order valence-corrected chi connectivity index (χ4v) is 3.29. The first-order chi connectivity index (χ1) is 10.5. The molecule has 0 aromatic heterocycles. The number of alkyl halides is 1. The van der Waals surface area contributed by atoms with Crippen molar-refractivity contribution in [1.29, 1.82) is 0 Å². The van der Waals surface area contributed by atoms with Gasteiger partial charge in [-0.2, -0.15) is 0 Å². The van der Waals surface area contributed by atoms with Crippen LogP contribution in [-0.2, 0) is 12.4 Å². The van der Waals surface area contributed by atoms with Gasteiger partial charge in [0.25, 0.3) is 0 Å². The molecule has 0 saturated heterocycles. The van der Waals surface area contributed by atoms with E-state index in [0.717, 1.165) is 23.5 Å². The zero-order chi connectivity index (χ0) is 15.9. The Morgan fingerprint density at radius 2 is 1.48 bits per heavy atom.